The predicted molar refractivity (Wildman–Crippen MR) is 68.9 cm³/mol. The molecule has 0 bridgehead atoms. The number of rotatable bonds is 1. The highest BCUT2D eigenvalue weighted by molar-refractivity contribution is 9.10. The van der Waals surface area contributed by atoms with Crippen LogP contribution >= 0.6 is 15.9 Å². The van der Waals surface area contributed by atoms with E-state index in [1.54, 1.807) is 0 Å². The van der Waals surface area contributed by atoms with E-state index in [1.807, 2.05) is 22.8 Å². The van der Waals surface area contributed by atoms with E-state index in [9.17, 15) is 0 Å². The molecule has 0 aliphatic carbocycles. The van der Waals surface area contributed by atoms with Crippen molar-refractivity contribution in [1.82, 2.24) is 24.8 Å². The minimum absolute atomic E-state index is 0.229. The van der Waals surface area contributed by atoms with Gasteiger partial charge in [0, 0.05) is 30.3 Å². The summed E-state index contributed by atoms with van der Waals surface area (Å²) in [5.74, 6) is 0.870. The SMILES string of the molecule is CN1CCNC(c2nc3ccc(Br)cn3n2)C1. The molecule has 0 spiro atoms. The van der Waals surface area contributed by atoms with Gasteiger partial charge in [0.25, 0.3) is 0 Å². The summed E-state index contributed by atoms with van der Waals surface area (Å²) in [5.41, 5.74) is 0.887. The number of halogens is 1. The van der Waals surface area contributed by atoms with Crippen LogP contribution in [0.5, 0.6) is 0 Å². The highest BCUT2D eigenvalue weighted by Crippen LogP contribution is 2.16. The normalized spacial score (nSPS) is 22.1. The van der Waals surface area contributed by atoms with E-state index in [0.29, 0.717) is 0 Å². The molecule has 90 valence electrons. The number of nitrogens with one attached hydrogen (secondary N) is 1. The lowest BCUT2D eigenvalue weighted by molar-refractivity contribution is 0.235. The van der Waals surface area contributed by atoms with Crippen molar-refractivity contribution >= 4 is 21.6 Å². The van der Waals surface area contributed by atoms with E-state index >= 15 is 0 Å². The van der Waals surface area contributed by atoms with Crippen molar-refractivity contribution in [1.29, 1.82) is 0 Å². The van der Waals surface area contributed by atoms with Gasteiger partial charge in [0.1, 0.15) is 0 Å². The lowest BCUT2D eigenvalue weighted by atomic mass is 10.2. The molecule has 1 saturated heterocycles. The van der Waals surface area contributed by atoms with Crippen LogP contribution in [0.25, 0.3) is 5.65 Å². The van der Waals surface area contributed by atoms with Crippen LogP contribution in [0.15, 0.2) is 22.8 Å². The topological polar surface area (TPSA) is 45.5 Å². The van der Waals surface area contributed by atoms with Gasteiger partial charge >= 0.3 is 0 Å². The fraction of sp³-hybridized carbons (Fsp3) is 0.455. The minimum atomic E-state index is 0.229. The summed E-state index contributed by atoms with van der Waals surface area (Å²) >= 11 is 3.43. The predicted octanol–water partition coefficient (Wildman–Crippen LogP) is 1.07. The third-order valence-corrected chi connectivity index (χ3v) is 3.47. The molecule has 1 unspecified atom stereocenters. The van der Waals surface area contributed by atoms with Gasteiger partial charge in [0.05, 0.1) is 6.04 Å². The number of hydrogen-bond donors (Lipinski definition) is 1. The molecular formula is C11H14BrN5. The second kappa shape index (κ2) is 4.36. The Morgan fingerprint density at radius 2 is 2.35 bits per heavy atom. The largest absolute Gasteiger partial charge is 0.305 e. The molecule has 1 aliphatic heterocycles. The Hall–Kier alpha value is -0.980. The zero-order valence-corrected chi connectivity index (χ0v) is 11.2. The maximum Gasteiger partial charge on any atom is 0.169 e. The van der Waals surface area contributed by atoms with Crippen LogP contribution in [0.2, 0.25) is 0 Å². The molecule has 3 rings (SSSR count). The molecule has 5 nitrogen and oxygen atoms in total. The Morgan fingerprint density at radius 1 is 1.47 bits per heavy atom. The Bertz CT molecular complexity index is 538. The molecule has 1 aliphatic rings. The maximum atomic E-state index is 4.55. The molecule has 0 aromatic carbocycles. The highest BCUT2D eigenvalue weighted by atomic mass is 79.9. The average molecular weight is 296 g/mol. The van der Waals surface area contributed by atoms with Crippen LogP contribution in [0.3, 0.4) is 0 Å². The van der Waals surface area contributed by atoms with Crippen LogP contribution in [-0.4, -0.2) is 46.2 Å². The fourth-order valence-electron chi connectivity index (χ4n) is 2.09. The van der Waals surface area contributed by atoms with Gasteiger partial charge in [-0.2, -0.15) is 0 Å². The quantitative estimate of drug-likeness (QED) is 0.855. The number of hydrogen-bond acceptors (Lipinski definition) is 4. The number of fused-ring (bicyclic) bond motifs is 1. The van der Waals surface area contributed by atoms with Gasteiger partial charge in [-0.25, -0.2) is 9.50 Å². The fourth-order valence-corrected chi connectivity index (χ4v) is 2.42. The van der Waals surface area contributed by atoms with Gasteiger partial charge in [-0.3, -0.25) is 0 Å². The molecule has 0 radical (unpaired) electrons. The van der Waals surface area contributed by atoms with Crippen LogP contribution in [0.1, 0.15) is 11.9 Å². The molecule has 17 heavy (non-hydrogen) atoms. The lowest BCUT2D eigenvalue weighted by Crippen LogP contribution is -2.44. The van der Waals surface area contributed by atoms with Crippen molar-refractivity contribution < 1.29 is 0 Å². The Morgan fingerprint density at radius 3 is 3.18 bits per heavy atom. The molecule has 3 heterocycles. The standard InChI is InChI=1S/C11H14BrN5/c1-16-5-4-13-9(7-16)11-14-10-3-2-8(12)6-17(10)15-11/h2-3,6,9,13H,4-5,7H2,1H3. The van der Waals surface area contributed by atoms with E-state index in [2.05, 4.69) is 43.3 Å². The van der Waals surface area contributed by atoms with Crippen LogP contribution in [0.4, 0.5) is 0 Å². The molecule has 1 atom stereocenters. The zero-order chi connectivity index (χ0) is 11.8. The Labute approximate surface area is 108 Å². The number of pyridine rings is 1. The average Bonchev–Trinajstić information content (AvgIpc) is 2.72. The van der Waals surface area contributed by atoms with E-state index in [1.165, 1.54) is 0 Å². The Kier molecular flexibility index (Phi) is 2.85. The monoisotopic (exact) mass is 295 g/mol. The molecular weight excluding hydrogens is 282 g/mol. The molecule has 0 amide bonds. The van der Waals surface area contributed by atoms with Crippen LogP contribution in [0, 0.1) is 0 Å². The second-order valence-electron chi connectivity index (χ2n) is 4.39. The van der Waals surface area contributed by atoms with Gasteiger partial charge in [-0.1, -0.05) is 0 Å². The zero-order valence-electron chi connectivity index (χ0n) is 9.60. The van der Waals surface area contributed by atoms with Crippen molar-refractivity contribution in [2.24, 2.45) is 0 Å². The van der Waals surface area contributed by atoms with Crippen molar-refractivity contribution in [2.45, 2.75) is 6.04 Å². The van der Waals surface area contributed by atoms with Gasteiger partial charge in [-0.15, -0.1) is 5.10 Å². The van der Waals surface area contributed by atoms with E-state index < -0.39 is 0 Å². The first-order chi connectivity index (χ1) is 8.22. The number of nitrogens with zero attached hydrogens (tertiary/aromatic N) is 4. The third kappa shape index (κ3) is 2.20. The first-order valence-corrected chi connectivity index (χ1v) is 6.45. The number of likely N-dealkylation sites (N-methyl/N-ethyl adjacent to an activating group) is 1. The van der Waals surface area contributed by atoms with E-state index in [-0.39, 0.29) is 6.04 Å². The van der Waals surface area contributed by atoms with E-state index in [0.717, 1.165) is 35.6 Å². The summed E-state index contributed by atoms with van der Waals surface area (Å²) in [6, 6.07) is 4.17. The summed E-state index contributed by atoms with van der Waals surface area (Å²) in [4.78, 5) is 6.85. The summed E-state index contributed by atoms with van der Waals surface area (Å²) in [6.45, 7) is 3.02. The van der Waals surface area contributed by atoms with Crippen molar-refractivity contribution in [2.75, 3.05) is 26.7 Å². The molecule has 0 saturated carbocycles. The maximum absolute atomic E-state index is 4.55. The van der Waals surface area contributed by atoms with Gasteiger partial charge in [0.2, 0.25) is 0 Å². The number of piperazine rings is 1. The van der Waals surface area contributed by atoms with Gasteiger partial charge < -0.3 is 10.2 Å². The van der Waals surface area contributed by atoms with Crippen LogP contribution in [-0.2, 0) is 0 Å². The first-order valence-electron chi connectivity index (χ1n) is 5.66. The molecule has 2 aromatic rings. The summed E-state index contributed by atoms with van der Waals surface area (Å²) < 4.78 is 2.82. The van der Waals surface area contributed by atoms with E-state index in [4.69, 9.17) is 0 Å². The third-order valence-electron chi connectivity index (χ3n) is 3.00. The van der Waals surface area contributed by atoms with Crippen molar-refractivity contribution in [3.8, 4) is 0 Å². The summed E-state index contributed by atoms with van der Waals surface area (Å²) in [7, 11) is 2.13. The summed E-state index contributed by atoms with van der Waals surface area (Å²) in [5, 5.41) is 7.97. The molecule has 1 fully saturated rings. The molecule has 6 heteroatoms. The first kappa shape index (κ1) is 11.1. The van der Waals surface area contributed by atoms with Crippen LogP contribution < -0.4 is 5.32 Å². The van der Waals surface area contributed by atoms with Crippen molar-refractivity contribution in [3.63, 3.8) is 0 Å². The second-order valence-corrected chi connectivity index (χ2v) is 5.30. The summed E-state index contributed by atoms with van der Waals surface area (Å²) in [6.07, 6.45) is 1.93. The van der Waals surface area contributed by atoms with Crippen molar-refractivity contribution in [3.05, 3.63) is 28.6 Å². The number of aromatic nitrogens is 3. The van der Waals surface area contributed by atoms with Gasteiger partial charge in [0.15, 0.2) is 11.5 Å². The molecule has 2 aromatic heterocycles. The minimum Gasteiger partial charge on any atom is -0.305 e. The Balaban J connectivity index is 1.94. The highest BCUT2D eigenvalue weighted by Gasteiger charge is 2.21. The lowest BCUT2D eigenvalue weighted by Gasteiger charge is -2.28. The smallest absolute Gasteiger partial charge is 0.169 e. The molecule has 1 N–H and O–H groups in total. The van der Waals surface area contributed by atoms with Gasteiger partial charge in [-0.05, 0) is 35.1 Å².